The van der Waals surface area contributed by atoms with E-state index < -0.39 is 0 Å². The zero-order valence-corrected chi connectivity index (χ0v) is 18.0. The highest BCUT2D eigenvalue weighted by molar-refractivity contribution is 7.22. The van der Waals surface area contributed by atoms with Crippen LogP contribution in [0.5, 0.6) is 0 Å². The van der Waals surface area contributed by atoms with Crippen molar-refractivity contribution in [2.45, 2.75) is 52.1 Å². The molecule has 1 atom stereocenters. The minimum atomic E-state index is -0.117. The summed E-state index contributed by atoms with van der Waals surface area (Å²) in [5, 5.41) is 13.8. The molecule has 0 N–H and O–H groups in total. The first-order valence-electron chi connectivity index (χ1n) is 10.1. The van der Waals surface area contributed by atoms with Gasteiger partial charge in [-0.2, -0.15) is 0 Å². The summed E-state index contributed by atoms with van der Waals surface area (Å²) >= 11 is 1.79. The molecule has 0 aliphatic carbocycles. The maximum Gasteiger partial charge on any atom is 0.186 e. The average Bonchev–Trinajstić information content (AvgIpc) is 3.33. The molecule has 7 nitrogen and oxygen atoms in total. The Balaban J connectivity index is 1.50. The maximum absolute atomic E-state index is 4.83. The third kappa shape index (κ3) is 3.75. The molecule has 0 radical (unpaired) electrons. The van der Waals surface area contributed by atoms with Crippen molar-refractivity contribution >= 4 is 26.7 Å². The predicted molar refractivity (Wildman–Crippen MR) is 114 cm³/mol. The van der Waals surface area contributed by atoms with E-state index in [-0.39, 0.29) is 11.6 Å². The SMILES string of the molecule is CCC[C@@H](c1nnnn1C(C)(C)C)N1CCN(c2nc3ccccc3s2)CC1. The molecule has 1 saturated heterocycles. The number of para-hydroxylation sites is 1. The van der Waals surface area contributed by atoms with Crippen molar-refractivity contribution in [3.05, 3.63) is 30.1 Å². The summed E-state index contributed by atoms with van der Waals surface area (Å²) in [5.41, 5.74) is 0.978. The number of nitrogens with zero attached hydrogens (tertiary/aromatic N) is 7. The molecule has 4 rings (SSSR count). The van der Waals surface area contributed by atoms with Gasteiger partial charge in [0.25, 0.3) is 0 Å². The van der Waals surface area contributed by atoms with Crippen LogP contribution >= 0.6 is 11.3 Å². The number of tetrazole rings is 1. The number of benzene rings is 1. The molecule has 0 saturated carbocycles. The van der Waals surface area contributed by atoms with E-state index in [0.29, 0.717) is 0 Å². The standard InChI is InChI=1S/C20H29N7S/c1-5-8-16(18-22-23-24-27(18)20(2,3)4)25-11-13-26(14-12-25)19-21-15-9-6-7-10-17(15)28-19/h6-7,9-10,16H,5,8,11-14H2,1-4H3/t16-/m0/s1. The number of fused-ring (bicyclic) bond motifs is 1. The zero-order valence-electron chi connectivity index (χ0n) is 17.2. The van der Waals surface area contributed by atoms with Crippen molar-refractivity contribution in [1.82, 2.24) is 30.1 Å². The van der Waals surface area contributed by atoms with Crippen LogP contribution in [0.4, 0.5) is 5.13 Å². The lowest BCUT2D eigenvalue weighted by Crippen LogP contribution is -2.48. The first-order chi connectivity index (χ1) is 13.5. The van der Waals surface area contributed by atoms with Crippen molar-refractivity contribution < 1.29 is 0 Å². The highest BCUT2D eigenvalue weighted by Crippen LogP contribution is 2.32. The van der Waals surface area contributed by atoms with Gasteiger partial charge in [-0.1, -0.05) is 36.8 Å². The summed E-state index contributed by atoms with van der Waals surface area (Å²) in [6, 6.07) is 8.64. The van der Waals surface area contributed by atoms with Crippen molar-refractivity contribution in [2.75, 3.05) is 31.1 Å². The van der Waals surface area contributed by atoms with Gasteiger partial charge in [0.05, 0.1) is 21.8 Å². The second-order valence-electron chi connectivity index (χ2n) is 8.41. The Labute approximate surface area is 170 Å². The van der Waals surface area contributed by atoms with E-state index in [1.807, 2.05) is 4.68 Å². The molecule has 8 heteroatoms. The Morgan fingerprint density at radius 3 is 2.54 bits per heavy atom. The summed E-state index contributed by atoms with van der Waals surface area (Å²) in [6.07, 6.45) is 2.18. The first-order valence-corrected chi connectivity index (χ1v) is 10.9. The second kappa shape index (κ2) is 7.75. The molecule has 3 heterocycles. The van der Waals surface area contributed by atoms with Crippen LogP contribution in [-0.2, 0) is 5.54 Å². The lowest BCUT2D eigenvalue weighted by molar-refractivity contribution is 0.156. The van der Waals surface area contributed by atoms with E-state index in [1.54, 1.807) is 11.3 Å². The normalized spacial score (nSPS) is 17.4. The van der Waals surface area contributed by atoms with E-state index in [1.165, 1.54) is 4.70 Å². The smallest absolute Gasteiger partial charge is 0.186 e. The quantitative estimate of drug-likeness (QED) is 0.652. The first kappa shape index (κ1) is 19.3. The van der Waals surface area contributed by atoms with E-state index in [4.69, 9.17) is 4.98 Å². The molecule has 1 aliphatic heterocycles. The zero-order chi connectivity index (χ0) is 19.7. The fourth-order valence-electron chi connectivity index (χ4n) is 3.85. The monoisotopic (exact) mass is 399 g/mol. The number of thiazole rings is 1. The number of rotatable bonds is 5. The molecule has 1 aromatic carbocycles. The molecule has 150 valence electrons. The van der Waals surface area contributed by atoms with Gasteiger partial charge in [-0.15, -0.1) is 5.10 Å². The van der Waals surface area contributed by atoms with Crippen LogP contribution in [0.3, 0.4) is 0 Å². The van der Waals surface area contributed by atoms with E-state index in [0.717, 1.165) is 55.5 Å². The highest BCUT2D eigenvalue weighted by Gasteiger charge is 2.31. The molecular formula is C20H29N7S. The Hall–Kier alpha value is -2.06. The number of piperazine rings is 1. The third-order valence-electron chi connectivity index (χ3n) is 5.30. The van der Waals surface area contributed by atoms with Gasteiger partial charge < -0.3 is 4.90 Å². The number of anilines is 1. The van der Waals surface area contributed by atoms with Crippen LogP contribution in [0.2, 0.25) is 0 Å². The van der Waals surface area contributed by atoms with Gasteiger partial charge in [0, 0.05) is 26.2 Å². The molecule has 2 aromatic heterocycles. The van der Waals surface area contributed by atoms with Crippen LogP contribution in [0.15, 0.2) is 24.3 Å². The van der Waals surface area contributed by atoms with Crippen LogP contribution in [0.1, 0.15) is 52.4 Å². The fourth-order valence-corrected chi connectivity index (χ4v) is 4.87. The van der Waals surface area contributed by atoms with Crippen molar-refractivity contribution in [3.63, 3.8) is 0 Å². The van der Waals surface area contributed by atoms with Gasteiger partial charge in [0.2, 0.25) is 0 Å². The van der Waals surface area contributed by atoms with E-state index in [2.05, 4.69) is 77.3 Å². The van der Waals surface area contributed by atoms with E-state index in [9.17, 15) is 0 Å². The minimum Gasteiger partial charge on any atom is -0.345 e. The number of aromatic nitrogens is 5. The van der Waals surface area contributed by atoms with Crippen molar-refractivity contribution in [3.8, 4) is 0 Å². The lowest BCUT2D eigenvalue weighted by Gasteiger charge is -2.39. The van der Waals surface area contributed by atoms with Crippen LogP contribution < -0.4 is 4.90 Å². The lowest BCUT2D eigenvalue weighted by atomic mass is 10.1. The Morgan fingerprint density at radius 1 is 1.11 bits per heavy atom. The van der Waals surface area contributed by atoms with E-state index >= 15 is 0 Å². The van der Waals surface area contributed by atoms with Gasteiger partial charge in [-0.25, -0.2) is 9.67 Å². The highest BCUT2D eigenvalue weighted by atomic mass is 32.1. The summed E-state index contributed by atoms with van der Waals surface area (Å²) in [6.45, 7) is 12.7. The van der Waals surface area contributed by atoms with Gasteiger partial charge in [-0.05, 0) is 49.8 Å². The molecule has 0 spiro atoms. The van der Waals surface area contributed by atoms with Gasteiger partial charge >= 0.3 is 0 Å². The predicted octanol–water partition coefficient (Wildman–Crippen LogP) is 3.70. The maximum atomic E-state index is 4.83. The summed E-state index contributed by atoms with van der Waals surface area (Å²) in [7, 11) is 0. The molecular weight excluding hydrogens is 370 g/mol. The summed E-state index contributed by atoms with van der Waals surface area (Å²) in [4.78, 5) is 9.78. The fraction of sp³-hybridized carbons (Fsp3) is 0.600. The number of hydrogen-bond donors (Lipinski definition) is 0. The molecule has 1 aliphatic rings. The Morgan fingerprint density at radius 2 is 1.86 bits per heavy atom. The molecule has 3 aromatic rings. The molecule has 0 bridgehead atoms. The summed E-state index contributed by atoms with van der Waals surface area (Å²) in [5.74, 6) is 0.989. The largest absolute Gasteiger partial charge is 0.345 e. The molecule has 1 fully saturated rings. The molecule has 0 unspecified atom stereocenters. The topological polar surface area (TPSA) is 63.0 Å². The van der Waals surface area contributed by atoms with Gasteiger partial charge in [-0.3, -0.25) is 4.90 Å². The summed E-state index contributed by atoms with van der Waals surface area (Å²) < 4.78 is 3.25. The number of hydrogen-bond acceptors (Lipinski definition) is 7. The minimum absolute atomic E-state index is 0.117. The Kier molecular flexibility index (Phi) is 5.33. The second-order valence-corrected chi connectivity index (χ2v) is 9.42. The van der Waals surface area contributed by atoms with Crippen LogP contribution in [0, 0.1) is 0 Å². The third-order valence-corrected chi connectivity index (χ3v) is 6.39. The van der Waals surface area contributed by atoms with Gasteiger partial charge in [0.1, 0.15) is 0 Å². The molecule has 0 amide bonds. The van der Waals surface area contributed by atoms with Crippen molar-refractivity contribution in [2.24, 2.45) is 0 Å². The van der Waals surface area contributed by atoms with Gasteiger partial charge in [0.15, 0.2) is 11.0 Å². The van der Waals surface area contributed by atoms with Crippen molar-refractivity contribution in [1.29, 1.82) is 0 Å². The molecule has 28 heavy (non-hydrogen) atoms. The average molecular weight is 400 g/mol. The van der Waals surface area contributed by atoms with Crippen LogP contribution in [0.25, 0.3) is 10.2 Å². The Bertz CT molecular complexity index is 885. The van der Waals surface area contributed by atoms with Crippen LogP contribution in [-0.4, -0.2) is 56.3 Å².